The third kappa shape index (κ3) is 1.99. The Morgan fingerprint density at radius 2 is 1.62 bits per heavy atom. The largest absolute Gasteiger partial charge is 0.321 e. The lowest BCUT2D eigenvalue weighted by molar-refractivity contribution is 0.301. The number of hydrogen-bond acceptors (Lipinski definition) is 1. The summed E-state index contributed by atoms with van der Waals surface area (Å²) in [4.78, 5) is 0. The molecule has 0 amide bonds. The second-order valence-corrected chi connectivity index (χ2v) is 5.48. The van der Waals surface area contributed by atoms with E-state index in [1.54, 1.807) is 0 Å². The number of nitrogens with two attached hydrogens (primary N) is 1. The molecule has 0 heterocycles. The summed E-state index contributed by atoms with van der Waals surface area (Å²) in [5, 5.41) is 0.879. The molecule has 0 unspecified atom stereocenters. The molecule has 0 aromatic heterocycles. The van der Waals surface area contributed by atoms with Gasteiger partial charge in [0.2, 0.25) is 0 Å². The molecule has 0 saturated heterocycles. The average molecular weight is 238 g/mol. The normalized spacial score (nSPS) is 19.8. The summed E-state index contributed by atoms with van der Waals surface area (Å²) in [5.74, 6) is 0. The molecule has 88 valence electrons. The SMILES string of the molecule is Cc1ccc(C)c(C2(N)CCCCC2)c1Cl. The van der Waals surface area contributed by atoms with E-state index in [9.17, 15) is 0 Å². The molecule has 1 aliphatic carbocycles. The third-order valence-electron chi connectivity index (χ3n) is 3.79. The van der Waals surface area contributed by atoms with Crippen LogP contribution in [0.25, 0.3) is 0 Å². The number of benzene rings is 1. The van der Waals surface area contributed by atoms with Crippen LogP contribution in [0.2, 0.25) is 5.02 Å². The fourth-order valence-corrected chi connectivity index (χ4v) is 3.22. The molecular formula is C14H20ClN. The van der Waals surface area contributed by atoms with Gasteiger partial charge < -0.3 is 5.73 Å². The Kier molecular flexibility index (Phi) is 3.27. The summed E-state index contributed by atoms with van der Waals surface area (Å²) >= 11 is 6.44. The molecule has 2 heteroatoms. The van der Waals surface area contributed by atoms with Crippen molar-refractivity contribution in [2.75, 3.05) is 0 Å². The van der Waals surface area contributed by atoms with Crippen LogP contribution in [0.1, 0.15) is 48.8 Å². The van der Waals surface area contributed by atoms with Crippen LogP contribution in [0.5, 0.6) is 0 Å². The van der Waals surface area contributed by atoms with Gasteiger partial charge in [0.1, 0.15) is 0 Å². The van der Waals surface area contributed by atoms with Crippen LogP contribution >= 0.6 is 11.6 Å². The van der Waals surface area contributed by atoms with Gasteiger partial charge in [-0.05, 0) is 43.4 Å². The first-order valence-electron chi connectivity index (χ1n) is 6.10. The number of rotatable bonds is 1. The predicted molar refractivity (Wildman–Crippen MR) is 69.9 cm³/mol. The van der Waals surface area contributed by atoms with E-state index in [4.69, 9.17) is 17.3 Å². The minimum absolute atomic E-state index is 0.189. The zero-order valence-corrected chi connectivity index (χ0v) is 10.9. The Bertz CT molecular complexity index is 392. The highest BCUT2D eigenvalue weighted by atomic mass is 35.5. The van der Waals surface area contributed by atoms with Crippen molar-refractivity contribution in [3.05, 3.63) is 33.8 Å². The highest BCUT2D eigenvalue weighted by Crippen LogP contribution is 2.40. The van der Waals surface area contributed by atoms with Crippen molar-refractivity contribution in [2.24, 2.45) is 5.73 Å². The molecule has 1 fully saturated rings. The Labute approximate surface area is 103 Å². The average Bonchev–Trinajstić information content (AvgIpc) is 2.25. The summed E-state index contributed by atoms with van der Waals surface area (Å²) in [6.07, 6.45) is 5.88. The lowest BCUT2D eigenvalue weighted by Gasteiger charge is -2.36. The topological polar surface area (TPSA) is 26.0 Å². The Hall–Kier alpha value is -0.530. The lowest BCUT2D eigenvalue weighted by Crippen LogP contribution is -2.39. The quantitative estimate of drug-likeness (QED) is 0.783. The van der Waals surface area contributed by atoms with Crippen LogP contribution in [0.4, 0.5) is 0 Å². The van der Waals surface area contributed by atoms with Gasteiger partial charge in [-0.3, -0.25) is 0 Å². The highest BCUT2D eigenvalue weighted by Gasteiger charge is 2.32. The van der Waals surface area contributed by atoms with E-state index >= 15 is 0 Å². The van der Waals surface area contributed by atoms with Gasteiger partial charge in [-0.15, -0.1) is 0 Å². The monoisotopic (exact) mass is 237 g/mol. The van der Waals surface area contributed by atoms with E-state index in [0.29, 0.717) is 0 Å². The van der Waals surface area contributed by atoms with Crippen molar-refractivity contribution in [3.63, 3.8) is 0 Å². The van der Waals surface area contributed by atoms with Crippen LogP contribution in [0, 0.1) is 13.8 Å². The molecular weight excluding hydrogens is 218 g/mol. The minimum atomic E-state index is -0.189. The molecule has 1 aromatic rings. The molecule has 2 N–H and O–H groups in total. The van der Waals surface area contributed by atoms with Crippen LogP contribution < -0.4 is 5.73 Å². The van der Waals surface area contributed by atoms with Gasteiger partial charge in [-0.25, -0.2) is 0 Å². The van der Waals surface area contributed by atoms with Crippen molar-refractivity contribution in [1.29, 1.82) is 0 Å². The van der Waals surface area contributed by atoms with E-state index in [1.807, 2.05) is 0 Å². The molecule has 2 rings (SSSR count). The highest BCUT2D eigenvalue weighted by molar-refractivity contribution is 6.32. The second kappa shape index (κ2) is 4.38. The van der Waals surface area contributed by atoms with Crippen LogP contribution in [-0.2, 0) is 5.54 Å². The van der Waals surface area contributed by atoms with E-state index in [0.717, 1.165) is 23.4 Å². The summed E-state index contributed by atoms with van der Waals surface area (Å²) < 4.78 is 0. The standard InChI is InChI=1S/C14H20ClN/c1-10-6-7-11(2)13(15)12(10)14(16)8-4-3-5-9-14/h6-7H,3-5,8-9,16H2,1-2H3. The van der Waals surface area contributed by atoms with E-state index in [2.05, 4.69) is 26.0 Å². The fourth-order valence-electron chi connectivity index (χ4n) is 2.82. The molecule has 1 aromatic carbocycles. The molecule has 1 aliphatic rings. The van der Waals surface area contributed by atoms with Gasteiger partial charge in [0.25, 0.3) is 0 Å². The Morgan fingerprint density at radius 1 is 1.06 bits per heavy atom. The first-order chi connectivity index (χ1) is 7.54. The van der Waals surface area contributed by atoms with Crippen LogP contribution in [-0.4, -0.2) is 0 Å². The summed E-state index contributed by atoms with van der Waals surface area (Å²) in [5.41, 5.74) is 9.94. The molecule has 0 atom stereocenters. The van der Waals surface area contributed by atoms with Gasteiger partial charge in [0.15, 0.2) is 0 Å². The first kappa shape index (κ1) is 11.9. The lowest BCUT2D eigenvalue weighted by atomic mass is 9.75. The molecule has 1 nitrogen and oxygen atoms in total. The van der Waals surface area contributed by atoms with E-state index in [-0.39, 0.29) is 5.54 Å². The molecule has 16 heavy (non-hydrogen) atoms. The molecule has 0 radical (unpaired) electrons. The number of hydrogen-bond donors (Lipinski definition) is 1. The summed E-state index contributed by atoms with van der Waals surface area (Å²) in [6, 6.07) is 4.22. The fraction of sp³-hybridized carbons (Fsp3) is 0.571. The minimum Gasteiger partial charge on any atom is -0.321 e. The summed E-state index contributed by atoms with van der Waals surface area (Å²) in [6.45, 7) is 4.17. The molecule has 0 bridgehead atoms. The van der Waals surface area contributed by atoms with Crippen molar-refractivity contribution < 1.29 is 0 Å². The van der Waals surface area contributed by atoms with E-state index < -0.39 is 0 Å². The summed E-state index contributed by atoms with van der Waals surface area (Å²) in [7, 11) is 0. The predicted octanol–water partition coefficient (Wildman–Crippen LogP) is 4.07. The maximum Gasteiger partial charge on any atom is 0.0488 e. The van der Waals surface area contributed by atoms with Crippen molar-refractivity contribution in [2.45, 2.75) is 51.5 Å². The Balaban J connectivity index is 2.49. The van der Waals surface area contributed by atoms with Gasteiger partial charge in [-0.1, -0.05) is 43.0 Å². The van der Waals surface area contributed by atoms with Gasteiger partial charge in [0, 0.05) is 10.6 Å². The third-order valence-corrected chi connectivity index (χ3v) is 4.27. The van der Waals surface area contributed by atoms with Gasteiger partial charge in [-0.2, -0.15) is 0 Å². The second-order valence-electron chi connectivity index (χ2n) is 5.11. The molecule has 1 saturated carbocycles. The Morgan fingerprint density at radius 3 is 2.25 bits per heavy atom. The zero-order valence-electron chi connectivity index (χ0n) is 10.1. The first-order valence-corrected chi connectivity index (χ1v) is 6.47. The van der Waals surface area contributed by atoms with Crippen LogP contribution in [0.3, 0.4) is 0 Å². The van der Waals surface area contributed by atoms with E-state index in [1.165, 1.54) is 30.4 Å². The van der Waals surface area contributed by atoms with Crippen molar-refractivity contribution in [1.82, 2.24) is 0 Å². The smallest absolute Gasteiger partial charge is 0.0488 e. The molecule has 0 spiro atoms. The van der Waals surface area contributed by atoms with Crippen molar-refractivity contribution >= 4 is 11.6 Å². The van der Waals surface area contributed by atoms with Crippen LogP contribution in [0.15, 0.2) is 12.1 Å². The number of halogens is 1. The number of aryl methyl sites for hydroxylation is 2. The zero-order chi connectivity index (χ0) is 11.8. The maximum atomic E-state index is 6.57. The molecule has 0 aliphatic heterocycles. The van der Waals surface area contributed by atoms with Crippen molar-refractivity contribution in [3.8, 4) is 0 Å². The maximum absolute atomic E-state index is 6.57. The van der Waals surface area contributed by atoms with Gasteiger partial charge in [0.05, 0.1) is 0 Å². The van der Waals surface area contributed by atoms with Gasteiger partial charge >= 0.3 is 0 Å².